The van der Waals surface area contributed by atoms with Gasteiger partial charge >= 0.3 is 6.03 Å². The first-order valence-corrected chi connectivity index (χ1v) is 7.20. The summed E-state index contributed by atoms with van der Waals surface area (Å²) in [6, 6.07) is 6.70. The Morgan fingerprint density at radius 2 is 2.00 bits per heavy atom. The van der Waals surface area contributed by atoms with E-state index in [1.165, 1.54) is 4.90 Å². The number of urea groups is 1. The van der Waals surface area contributed by atoms with E-state index in [1.807, 2.05) is 25.1 Å². The molecule has 1 heterocycles. The summed E-state index contributed by atoms with van der Waals surface area (Å²) in [5.74, 6) is -0.951. The van der Waals surface area contributed by atoms with Gasteiger partial charge in [0, 0.05) is 6.54 Å². The molecule has 1 saturated carbocycles. The molecule has 0 aromatic heterocycles. The SMILES string of the molecule is Cc1cccc(C2C(=O)NC(=O)N(CC3CC3C)C2=O)c1. The van der Waals surface area contributed by atoms with Crippen LogP contribution in [0.2, 0.25) is 0 Å². The Hall–Kier alpha value is -2.17. The molecule has 4 amide bonds. The van der Waals surface area contributed by atoms with E-state index in [9.17, 15) is 14.4 Å². The molecule has 110 valence electrons. The number of nitrogens with zero attached hydrogens (tertiary/aromatic N) is 1. The molecule has 1 aromatic rings. The number of carbonyl (C=O) groups excluding carboxylic acids is 3. The van der Waals surface area contributed by atoms with Crippen LogP contribution in [0.5, 0.6) is 0 Å². The minimum Gasteiger partial charge on any atom is -0.277 e. The van der Waals surface area contributed by atoms with Crippen molar-refractivity contribution in [2.24, 2.45) is 11.8 Å². The second kappa shape index (κ2) is 4.98. The lowest BCUT2D eigenvalue weighted by atomic mass is 9.94. The fourth-order valence-corrected chi connectivity index (χ4v) is 2.82. The minimum absolute atomic E-state index is 0.367. The maximum atomic E-state index is 12.6. The Balaban J connectivity index is 1.87. The van der Waals surface area contributed by atoms with Gasteiger partial charge in [-0.1, -0.05) is 36.8 Å². The van der Waals surface area contributed by atoms with Crippen molar-refractivity contribution in [2.75, 3.05) is 6.54 Å². The molecule has 2 fully saturated rings. The van der Waals surface area contributed by atoms with Crippen LogP contribution < -0.4 is 5.32 Å². The second-order valence-corrected chi connectivity index (χ2v) is 6.06. The van der Waals surface area contributed by atoms with Crippen LogP contribution in [0.15, 0.2) is 24.3 Å². The summed E-state index contributed by atoms with van der Waals surface area (Å²) < 4.78 is 0. The first-order valence-electron chi connectivity index (χ1n) is 7.20. The number of nitrogens with one attached hydrogen (secondary N) is 1. The number of rotatable bonds is 3. The Morgan fingerprint density at radius 1 is 1.29 bits per heavy atom. The molecule has 0 spiro atoms. The number of imide groups is 2. The highest BCUT2D eigenvalue weighted by atomic mass is 16.2. The largest absolute Gasteiger partial charge is 0.330 e. The third kappa shape index (κ3) is 2.55. The molecule has 1 aromatic carbocycles. The maximum absolute atomic E-state index is 12.6. The van der Waals surface area contributed by atoms with Gasteiger partial charge in [0.2, 0.25) is 11.8 Å². The molecule has 1 saturated heterocycles. The van der Waals surface area contributed by atoms with Crippen LogP contribution in [0.1, 0.15) is 30.4 Å². The summed E-state index contributed by atoms with van der Waals surface area (Å²) in [5, 5.41) is 2.30. The Bertz CT molecular complexity index is 626. The third-order valence-electron chi connectivity index (χ3n) is 4.32. The van der Waals surface area contributed by atoms with Crippen molar-refractivity contribution in [3.8, 4) is 0 Å². The molecule has 5 heteroatoms. The quantitative estimate of drug-likeness (QED) is 0.862. The molecule has 1 aliphatic carbocycles. The molecule has 3 rings (SSSR count). The summed E-state index contributed by atoms with van der Waals surface area (Å²) in [6.45, 7) is 4.41. The fraction of sp³-hybridized carbons (Fsp3) is 0.438. The van der Waals surface area contributed by atoms with Crippen LogP contribution >= 0.6 is 0 Å². The lowest BCUT2D eigenvalue weighted by Crippen LogP contribution is -2.57. The average Bonchev–Trinajstić information content (AvgIpc) is 3.10. The van der Waals surface area contributed by atoms with Crippen molar-refractivity contribution in [1.82, 2.24) is 10.2 Å². The van der Waals surface area contributed by atoms with E-state index in [1.54, 1.807) is 6.07 Å². The number of benzene rings is 1. The number of hydrogen-bond acceptors (Lipinski definition) is 3. The van der Waals surface area contributed by atoms with Crippen LogP contribution in [-0.4, -0.2) is 29.3 Å². The Morgan fingerprint density at radius 3 is 2.62 bits per heavy atom. The van der Waals surface area contributed by atoms with Gasteiger partial charge in [0.15, 0.2) is 0 Å². The van der Waals surface area contributed by atoms with Gasteiger partial charge in [0.1, 0.15) is 5.92 Å². The van der Waals surface area contributed by atoms with Gasteiger partial charge in [-0.05, 0) is 30.7 Å². The van der Waals surface area contributed by atoms with Crippen LogP contribution in [-0.2, 0) is 9.59 Å². The highest BCUT2D eigenvalue weighted by Gasteiger charge is 2.44. The number of aryl methyl sites for hydroxylation is 1. The molecule has 5 nitrogen and oxygen atoms in total. The first kappa shape index (κ1) is 13.8. The van der Waals surface area contributed by atoms with Gasteiger partial charge in [-0.3, -0.25) is 19.8 Å². The van der Waals surface area contributed by atoms with Crippen molar-refractivity contribution in [2.45, 2.75) is 26.2 Å². The van der Waals surface area contributed by atoms with Crippen molar-refractivity contribution < 1.29 is 14.4 Å². The summed E-state index contributed by atoms with van der Waals surface area (Å²) >= 11 is 0. The average molecular weight is 286 g/mol. The standard InChI is InChI=1S/C16H18N2O3/c1-9-4-3-5-11(6-9)13-14(19)17-16(21)18(15(13)20)8-12-7-10(12)2/h3-6,10,12-13H,7-8H2,1-2H3,(H,17,19,21). The fourth-order valence-electron chi connectivity index (χ4n) is 2.82. The lowest BCUT2D eigenvalue weighted by Gasteiger charge is -2.30. The zero-order valence-corrected chi connectivity index (χ0v) is 12.1. The smallest absolute Gasteiger partial charge is 0.277 e. The van der Waals surface area contributed by atoms with Crippen molar-refractivity contribution >= 4 is 17.8 Å². The molecule has 0 bridgehead atoms. The summed E-state index contributed by atoms with van der Waals surface area (Å²) in [6.07, 6.45) is 1.03. The van der Waals surface area contributed by atoms with Gasteiger partial charge < -0.3 is 0 Å². The Kier molecular flexibility index (Phi) is 3.27. The Labute approximate surface area is 123 Å². The van der Waals surface area contributed by atoms with E-state index in [4.69, 9.17) is 0 Å². The minimum atomic E-state index is -0.920. The molecule has 3 atom stereocenters. The summed E-state index contributed by atoms with van der Waals surface area (Å²) in [5.41, 5.74) is 1.62. The van der Waals surface area contributed by atoms with Crippen LogP contribution in [0.3, 0.4) is 0 Å². The molecule has 1 aliphatic heterocycles. The predicted molar refractivity (Wildman–Crippen MR) is 76.4 cm³/mol. The van der Waals surface area contributed by atoms with E-state index >= 15 is 0 Å². The molecule has 1 N–H and O–H groups in total. The second-order valence-electron chi connectivity index (χ2n) is 6.06. The maximum Gasteiger partial charge on any atom is 0.330 e. The monoisotopic (exact) mass is 286 g/mol. The van der Waals surface area contributed by atoms with Gasteiger partial charge in [0.05, 0.1) is 0 Å². The number of hydrogen-bond donors (Lipinski definition) is 1. The van der Waals surface area contributed by atoms with Crippen LogP contribution in [0, 0.1) is 18.8 Å². The van der Waals surface area contributed by atoms with Crippen molar-refractivity contribution in [3.63, 3.8) is 0 Å². The molecular formula is C16H18N2O3. The van der Waals surface area contributed by atoms with E-state index in [0.29, 0.717) is 23.9 Å². The number of amides is 4. The molecule has 0 radical (unpaired) electrons. The zero-order chi connectivity index (χ0) is 15.1. The summed E-state index contributed by atoms with van der Waals surface area (Å²) in [7, 11) is 0. The van der Waals surface area contributed by atoms with Crippen LogP contribution in [0.25, 0.3) is 0 Å². The molecule has 2 aliphatic rings. The summed E-state index contributed by atoms with van der Waals surface area (Å²) in [4.78, 5) is 37.7. The van der Waals surface area contributed by atoms with Gasteiger partial charge in [0.25, 0.3) is 0 Å². The van der Waals surface area contributed by atoms with Gasteiger partial charge in [-0.2, -0.15) is 0 Å². The number of barbiturate groups is 1. The molecule has 3 unspecified atom stereocenters. The predicted octanol–water partition coefficient (Wildman–Crippen LogP) is 1.81. The highest BCUT2D eigenvalue weighted by Crippen LogP contribution is 2.39. The molecular weight excluding hydrogens is 268 g/mol. The topological polar surface area (TPSA) is 66.5 Å². The molecule has 21 heavy (non-hydrogen) atoms. The third-order valence-corrected chi connectivity index (χ3v) is 4.32. The highest BCUT2D eigenvalue weighted by molar-refractivity contribution is 6.19. The zero-order valence-electron chi connectivity index (χ0n) is 12.1. The van der Waals surface area contributed by atoms with Crippen molar-refractivity contribution in [3.05, 3.63) is 35.4 Å². The van der Waals surface area contributed by atoms with Crippen LogP contribution in [0.4, 0.5) is 4.79 Å². The van der Waals surface area contributed by atoms with E-state index in [-0.39, 0.29) is 0 Å². The lowest BCUT2D eigenvalue weighted by molar-refractivity contribution is -0.138. The van der Waals surface area contributed by atoms with E-state index in [0.717, 1.165) is 12.0 Å². The van der Waals surface area contributed by atoms with E-state index < -0.39 is 23.8 Å². The first-order chi connectivity index (χ1) is 9.97. The van der Waals surface area contributed by atoms with E-state index in [2.05, 4.69) is 12.2 Å². The van der Waals surface area contributed by atoms with Gasteiger partial charge in [-0.15, -0.1) is 0 Å². The normalized spacial score (nSPS) is 28.6. The van der Waals surface area contributed by atoms with Gasteiger partial charge in [-0.25, -0.2) is 4.79 Å². The van der Waals surface area contributed by atoms with Crippen molar-refractivity contribution in [1.29, 1.82) is 0 Å². The number of carbonyl (C=O) groups is 3.